The molecule has 1 aromatic rings. The number of rotatable bonds is 2. The fourth-order valence-corrected chi connectivity index (χ4v) is 4.32. The van der Waals surface area contributed by atoms with E-state index in [4.69, 9.17) is 0 Å². The van der Waals surface area contributed by atoms with Crippen LogP contribution < -0.4 is 0 Å². The van der Waals surface area contributed by atoms with E-state index in [1.165, 1.54) is 16.9 Å². The zero-order chi connectivity index (χ0) is 12.6. The Kier molecular flexibility index (Phi) is 3.10. The van der Waals surface area contributed by atoms with Crippen LogP contribution in [0.2, 0.25) is 0 Å². The Bertz CT molecular complexity index is 475. The third-order valence-electron chi connectivity index (χ3n) is 4.33. The summed E-state index contributed by atoms with van der Waals surface area (Å²) in [5.74, 6) is 0.525. The summed E-state index contributed by atoms with van der Waals surface area (Å²) in [4.78, 5) is 13.0. The molecule has 1 saturated carbocycles. The van der Waals surface area contributed by atoms with Crippen LogP contribution in [-0.2, 0) is 16.6 Å². The molecular formula is C15H18O2S. The van der Waals surface area contributed by atoms with Crippen molar-refractivity contribution in [3.63, 3.8) is 0 Å². The van der Waals surface area contributed by atoms with Gasteiger partial charge in [0.15, 0.2) is 0 Å². The molecule has 0 bridgehead atoms. The maximum Gasteiger partial charge on any atom is 0.314 e. The molecule has 3 heteroatoms. The molecule has 0 atom stereocenters. The minimum atomic E-state index is -0.638. The molecule has 0 amide bonds. The van der Waals surface area contributed by atoms with Gasteiger partial charge in [-0.2, -0.15) is 0 Å². The number of aryl methyl sites for hydroxylation is 1. The Labute approximate surface area is 112 Å². The molecule has 0 radical (unpaired) electrons. The summed E-state index contributed by atoms with van der Waals surface area (Å²) < 4.78 is 0. The van der Waals surface area contributed by atoms with Crippen molar-refractivity contribution in [2.24, 2.45) is 0 Å². The monoisotopic (exact) mass is 262 g/mol. The fraction of sp³-hybridized carbons (Fsp3) is 0.533. The molecule has 0 aromatic heterocycles. The average molecular weight is 262 g/mol. The van der Waals surface area contributed by atoms with Gasteiger partial charge in [0, 0.05) is 4.90 Å². The number of aliphatic carboxylic acids is 1. The summed E-state index contributed by atoms with van der Waals surface area (Å²) >= 11 is 1.88. The van der Waals surface area contributed by atoms with Crippen LogP contribution in [0, 0.1) is 0 Å². The Balaban J connectivity index is 2.02. The van der Waals surface area contributed by atoms with Gasteiger partial charge in [0.1, 0.15) is 0 Å². The summed E-state index contributed by atoms with van der Waals surface area (Å²) in [6.07, 6.45) is 6.05. The van der Waals surface area contributed by atoms with Crippen molar-refractivity contribution < 1.29 is 9.90 Å². The maximum absolute atomic E-state index is 11.7. The van der Waals surface area contributed by atoms with Crippen LogP contribution in [0.1, 0.15) is 43.2 Å². The third-order valence-corrected chi connectivity index (χ3v) is 5.52. The van der Waals surface area contributed by atoms with Gasteiger partial charge in [-0.1, -0.05) is 25.0 Å². The zero-order valence-corrected chi connectivity index (χ0v) is 11.3. The van der Waals surface area contributed by atoms with Gasteiger partial charge in [0.05, 0.1) is 5.41 Å². The van der Waals surface area contributed by atoms with E-state index in [1.54, 1.807) is 0 Å². The Hall–Kier alpha value is -0.960. The molecule has 0 unspecified atom stereocenters. The summed E-state index contributed by atoms with van der Waals surface area (Å²) in [5, 5.41) is 9.61. The van der Waals surface area contributed by atoms with Crippen LogP contribution in [0.15, 0.2) is 23.1 Å². The molecule has 18 heavy (non-hydrogen) atoms. The molecule has 1 fully saturated rings. The van der Waals surface area contributed by atoms with Crippen LogP contribution in [0.5, 0.6) is 0 Å². The number of carboxylic acids is 1. The topological polar surface area (TPSA) is 37.3 Å². The van der Waals surface area contributed by atoms with E-state index in [9.17, 15) is 9.90 Å². The van der Waals surface area contributed by atoms with E-state index in [2.05, 4.69) is 18.2 Å². The van der Waals surface area contributed by atoms with E-state index >= 15 is 0 Å². The summed E-state index contributed by atoms with van der Waals surface area (Å²) in [5.41, 5.74) is 1.82. The summed E-state index contributed by atoms with van der Waals surface area (Å²) in [6, 6.07) is 6.36. The van der Waals surface area contributed by atoms with Crippen LogP contribution >= 0.6 is 11.8 Å². The second-order valence-electron chi connectivity index (χ2n) is 5.37. The molecular weight excluding hydrogens is 244 g/mol. The molecule has 1 aromatic carbocycles. The Morgan fingerprint density at radius 2 is 2.00 bits per heavy atom. The van der Waals surface area contributed by atoms with Crippen molar-refractivity contribution in [3.8, 4) is 0 Å². The molecule has 1 aliphatic carbocycles. The van der Waals surface area contributed by atoms with Crippen molar-refractivity contribution >= 4 is 17.7 Å². The van der Waals surface area contributed by atoms with Gasteiger partial charge in [-0.05, 0) is 48.6 Å². The highest BCUT2D eigenvalue weighted by molar-refractivity contribution is 7.99. The number of fused-ring (bicyclic) bond motifs is 1. The number of thioether (sulfide) groups is 1. The maximum atomic E-state index is 11.7. The van der Waals surface area contributed by atoms with Gasteiger partial charge in [-0.15, -0.1) is 11.8 Å². The van der Waals surface area contributed by atoms with Crippen molar-refractivity contribution in [2.45, 2.75) is 48.8 Å². The zero-order valence-electron chi connectivity index (χ0n) is 10.4. The normalized spacial score (nSPS) is 21.6. The van der Waals surface area contributed by atoms with Gasteiger partial charge in [-0.25, -0.2) is 0 Å². The van der Waals surface area contributed by atoms with Crippen molar-refractivity contribution in [1.82, 2.24) is 0 Å². The highest BCUT2D eigenvalue weighted by Gasteiger charge is 2.43. The highest BCUT2D eigenvalue weighted by Crippen LogP contribution is 2.43. The standard InChI is InChI=1S/C15H18O2S/c16-14(17)15(7-1-2-8-15)12-6-5-11-4-3-9-18-13(11)10-12/h5-6,10H,1-4,7-9H2,(H,16,17). The largest absolute Gasteiger partial charge is 0.481 e. The molecule has 1 heterocycles. The first-order valence-electron chi connectivity index (χ1n) is 6.72. The van der Waals surface area contributed by atoms with E-state index in [0.717, 1.165) is 43.4 Å². The number of hydrogen-bond acceptors (Lipinski definition) is 2. The highest BCUT2D eigenvalue weighted by atomic mass is 32.2. The van der Waals surface area contributed by atoms with E-state index in [-0.39, 0.29) is 0 Å². The predicted molar refractivity (Wildman–Crippen MR) is 73.3 cm³/mol. The number of benzene rings is 1. The van der Waals surface area contributed by atoms with Crippen LogP contribution in [-0.4, -0.2) is 16.8 Å². The molecule has 96 valence electrons. The third kappa shape index (κ3) is 1.85. The first-order chi connectivity index (χ1) is 8.72. The van der Waals surface area contributed by atoms with Crippen LogP contribution in [0.3, 0.4) is 0 Å². The lowest BCUT2D eigenvalue weighted by molar-refractivity contribution is -0.143. The van der Waals surface area contributed by atoms with Gasteiger partial charge in [0.2, 0.25) is 0 Å². The molecule has 3 rings (SSSR count). The van der Waals surface area contributed by atoms with Crippen molar-refractivity contribution in [3.05, 3.63) is 29.3 Å². The van der Waals surface area contributed by atoms with Gasteiger partial charge in [0.25, 0.3) is 0 Å². The molecule has 1 N–H and O–H groups in total. The Morgan fingerprint density at radius 3 is 2.72 bits per heavy atom. The van der Waals surface area contributed by atoms with E-state index in [1.807, 2.05) is 11.8 Å². The number of hydrogen-bond donors (Lipinski definition) is 1. The summed E-state index contributed by atoms with van der Waals surface area (Å²) in [7, 11) is 0. The minimum Gasteiger partial charge on any atom is -0.481 e. The Morgan fingerprint density at radius 1 is 1.22 bits per heavy atom. The molecule has 2 aliphatic rings. The van der Waals surface area contributed by atoms with Crippen molar-refractivity contribution in [1.29, 1.82) is 0 Å². The minimum absolute atomic E-state index is 0.604. The summed E-state index contributed by atoms with van der Waals surface area (Å²) in [6.45, 7) is 0. The quantitative estimate of drug-likeness (QED) is 0.884. The molecule has 0 spiro atoms. The SMILES string of the molecule is O=C(O)C1(c2ccc3c(c2)SCCC3)CCCC1. The first kappa shape index (κ1) is 12.1. The second kappa shape index (κ2) is 4.61. The van der Waals surface area contributed by atoms with Crippen LogP contribution in [0.25, 0.3) is 0 Å². The first-order valence-corrected chi connectivity index (χ1v) is 7.70. The smallest absolute Gasteiger partial charge is 0.314 e. The van der Waals surface area contributed by atoms with Gasteiger partial charge >= 0.3 is 5.97 Å². The van der Waals surface area contributed by atoms with Crippen molar-refractivity contribution in [2.75, 3.05) is 5.75 Å². The predicted octanol–water partition coefficient (Wildman–Crippen LogP) is 3.62. The van der Waals surface area contributed by atoms with Gasteiger partial charge in [-0.3, -0.25) is 4.79 Å². The van der Waals surface area contributed by atoms with Gasteiger partial charge < -0.3 is 5.11 Å². The average Bonchev–Trinajstić information content (AvgIpc) is 2.89. The second-order valence-corrected chi connectivity index (χ2v) is 6.51. The van der Waals surface area contributed by atoms with Crippen LogP contribution in [0.4, 0.5) is 0 Å². The molecule has 2 nitrogen and oxygen atoms in total. The fourth-order valence-electron chi connectivity index (χ4n) is 3.24. The van der Waals surface area contributed by atoms with E-state index < -0.39 is 11.4 Å². The molecule has 0 saturated heterocycles. The lowest BCUT2D eigenvalue weighted by Crippen LogP contribution is -2.32. The lowest BCUT2D eigenvalue weighted by atomic mass is 9.78. The number of carboxylic acid groups (broad SMARTS) is 1. The lowest BCUT2D eigenvalue weighted by Gasteiger charge is -2.26. The molecule has 1 aliphatic heterocycles. The number of carbonyl (C=O) groups is 1. The van der Waals surface area contributed by atoms with E-state index in [0.29, 0.717) is 0 Å².